The van der Waals surface area contributed by atoms with Crippen molar-refractivity contribution in [3.8, 4) is 0 Å². The molecule has 0 aliphatic heterocycles. The number of nitrogens with one attached hydrogen (secondary N) is 1. The average molecular weight is 260 g/mol. The van der Waals surface area contributed by atoms with Gasteiger partial charge in [-0.15, -0.1) is 0 Å². The lowest BCUT2D eigenvalue weighted by atomic mass is 9.84. The first kappa shape index (κ1) is 14.4. The van der Waals surface area contributed by atoms with E-state index in [1.165, 1.54) is 0 Å². The number of rotatable bonds is 6. The van der Waals surface area contributed by atoms with E-state index in [0.717, 1.165) is 6.54 Å². The van der Waals surface area contributed by atoms with Crippen molar-refractivity contribution in [1.82, 2.24) is 5.32 Å². The molecule has 0 bridgehead atoms. The Kier molecular flexibility index (Phi) is 5.37. The summed E-state index contributed by atoms with van der Waals surface area (Å²) in [4.78, 5) is 0. The zero-order valence-electron chi connectivity index (χ0n) is 10.5. The van der Waals surface area contributed by atoms with Crippen LogP contribution in [0.3, 0.4) is 0 Å². The molecule has 0 atom stereocenters. The summed E-state index contributed by atoms with van der Waals surface area (Å²) in [5, 5.41) is 3.41. The maximum atomic E-state index is 13.9. The molecule has 1 N–H and O–H groups in total. The number of hydrogen-bond donors (Lipinski definition) is 1. The van der Waals surface area contributed by atoms with Crippen LogP contribution in [0.5, 0.6) is 0 Å². The smallest absolute Gasteiger partial charge is 0.145 e. The lowest BCUT2D eigenvalue weighted by Gasteiger charge is -2.26. The maximum Gasteiger partial charge on any atom is 0.145 e. The molecule has 1 rings (SSSR count). The van der Waals surface area contributed by atoms with Gasteiger partial charge < -0.3 is 10.1 Å². The first-order chi connectivity index (χ1) is 7.99. The van der Waals surface area contributed by atoms with Crippen molar-refractivity contribution < 1.29 is 9.13 Å². The van der Waals surface area contributed by atoms with Crippen LogP contribution in [0.2, 0.25) is 5.02 Å². The molecule has 0 aliphatic rings. The van der Waals surface area contributed by atoms with E-state index in [1.807, 2.05) is 13.8 Å². The zero-order valence-corrected chi connectivity index (χ0v) is 11.3. The third kappa shape index (κ3) is 3.95. The summed E-state index contributed by atoms with van der Waals surface area (Å²) in [7, 11) is 1.66. The zero-order chi connectivity index (χ0) is 12.9. The van der Waals surface area contributed by atoms with E-state index in [0.29, 0.717) is 18.7 Å². The average Bonchev–Trinajstić information content (AvgIpc) is 2.28. The molecule has 0 radical (unpaired) electrons. The van der Waals surface area contributed by atoms with E-state index in [2.05, 4.69) is 5.32 Å². The SMILES string of the molecule is COCCNCC(C)(C)c1cccc(Cl)c1F. The molecule has 0 fully saturated rings. The highest BCUT2D eigenvalue weighted by Gasteiger charge is 2.24. The molecule has 4 heteroatoms. The molecular weight excluding hydrogens is 241 g/mol. The normalized spacial score (nSPS) is 11.8. The van der Waals surface area contributed by atoms with Gasteiger partial charge in [0.2, 0.25) is 0 Å². The van der Waals surface area contributed by atoms with Crippen LogP contribution >= 0.6 is 11.6 Å². The second-order valence-electron chi connectivity index (χ2n) is 4.65. The van der Waals surface area contributed by atoms with E-state index in [-0.39, 0.29) is 16.3 Å². The molecule has 96 valence electrons. The van der Waals surface area contributed by atoms with Crippen LogP contribution in [-0.2, 0) is 10.2 Å². The van der Waals surface area contributed by atoms with Crippen molar-refractivity contribution >= 4 is 11.6 Å². The minimum atomic E-state index is -0.326. The van der Waals surface area contributed by atoms with Crippen molar-refractivity contribution in [1.29, 1.82) is 0 Å². The van der Waals surface area contributed by atoms with Gasteiger partial charge in [0.15, 0.2) is 0 Å². The maximum absolute atomic E-state index is 13.9. The summed E-state index contributed by atoms with van der Waals surface area (Å²) >= 11 is 5.79. The predicted molar refractivity (Wildman–Crippen MR) is 69.2 cm³/mol. The topological polar surface area (TPSA) is 21.3 Å². The van der Waals surface area contributed by atoms with Gasteiger partial charge in [-0.25, -0.2) is 4.39 Å². The van der Waals surface area contributed by atoms with Gasteiger partial charge in [-0.3, -0.25) is 0 Å². The molecule has 17 heavy (non-hydrogen) atoms. The van der Waals surface area contributed by atoms with E-state index < -0.39 is 0 Å². The standard InChI is InChI=1S/C13H19ClFNO/c1-13(2,9-16-7-8-17-3)10-5-4-6-11(14)12(10)15/h4-6,16H,7-9H2,1-3H3. The van der Waals surface area contributed by atoms with Gasteiger partial charge in [0, 0.05) is 25.6 Å². The van der Waals surface area contributed by atoms with Gasteiger partial charge in [0.25, 0.3) is 0 Å². The largest absolute Gasteiger partial charge is 0.383 e. The minimum absolute atomic E-state index is 0.174. The monoisotopic (exact) mass is 259 g/mol. The Bertz CT molecular complexity index is 368. The highest BCUT2D eigenvalue weighted by molar-refractivity contribution is 6.30. The quantitative estimate of drug-likeness (QED) is 0.793. The van der Waals surface area contributed by atoms with Gasteiger partial charge in [0.1, 0.15) is 5.82 Å². The summed E-state index contributed by atoms with van der Waals surface area (Å²) in [6.45, 7) is 6.05. The highest BCUT2D eigenvalue weighted by atomic mass is 35.5. The molecule has 0 aliphatic carbocycles. The van der Waals surface area contributed by atoms with Crippen molar-refractivity contribution in [3.05, 3.63) is 34.6 Å². The molecule has 0 unspecified atom stereocenters. The van der Waals surface area contributed by atoms with E-state index in [1.54, 1.807) is 25.3 Å². The second kappa shape index (κ2) is 6.34. The Balaban J connectivity index is 2.71. The number of halogens is 2. The fraction of sp³-hybridized carbons (Fsp3) is 0.538. The molecular formula is C13H19ClFNO. The molecule has 0 spiro atoms. The first-order valence-corrected chi connectivity index (χ1v) is 6.01. The van der Waals surface area contributed by atoms with Crippen LogP contribution in [0.1, 0.15) is 19.4 Å². The van der Waals surface area contributed by atoms with Gasteiger partial charge in [-0.05, 0) is 11.6 Å². The predicted octanol–water partition coefficient (Wildman–Crippen LogP) is 2.99. The summed E-state index contributed by atoms with van der Waals surface area (Å²) in [6, 6.07) is 5.12. The molecule has 0 aromatic heterocycles. The number of methoxy groups -OCH3 is 1. The van der Waals surface area contributed by atoms with Crippen LogP contribution in [0, 0.1) is 5.82 Å². The fourth-order valence-corrected chi connectivity index (χ4v) is 1.87. The van der Waals surface area contributed by atoms with Gasteiger partial charge in [-0.2, -0.15) is 0 Å². The molecule has 1 aromatic carbocycles. The molecule has 0 saturated carbocycles. The highest BCUT2D eigenvalue weighted by Crippen LogP contribution is 2.28. The summed E-state index contributed by atoms with van der Waals surface area (Å²) in [5.74, 6) is -0.326. The third-order valence-corrected chi connectivity index (χ3v) is 3.02. The van der Waals surface area contributed by atoms with Crippen LogP contribution in [0.15, 0.2) is 18.2 Å². The second-order valence-corrected chi connectivity index (χ2v) is 5.06. The third-order valence-electron chi connectivity index (χ3n) is 2.73. The Labute approximate surface area is 107 Å². The van der Waals surface area contributed by atoms with Gasteiger partial charge >= 0.3 is 0 Å². The van der Waals surface area contributed by atoms with Crippen molar-refractivity contribution in [2.45, 2.75) is 19.3 Å². The number of benzene rings is 1. The Hall–Kier alpha value is -0.640. The molecule has 0 saturated heterocycles. The Morgan fingerprint density at radius 1 is 1.41 bits per heavy atom. The first-order valence-electron chi connectivity index (χ1n) is 5.63. The molecule has 0 heterocycles. The lowest BCUT2D eigenvalue weighted by molar-refractivity contribution is 0.197. The Morgan fingerprint density at radius 3 is 2.76 bits per heavy atom. The van der Waals surface area contributed by atoms with Crippen LogP contribution in [0.4, 0.5) is 4.39 Å². The van der Waals surface area contributed by atoms with Crippen molar-refractivity contribution in [2.75, 3.05) is 26.8 Å². The molecule has 1 aromatic rings. The van der Waals surface area contributed by atoms with E-state index in [9.17, 15) is 4.39 Å². The van der Waals surface area contributed by atoms with Gasteiger partial charge in [0.05, 0.1) is 11.6 Å². The summed E-state index contributed by atoms with van der Waals surface area (Å²) < 4.78 is 18.8. The Morgan fingerprint density at radius 2 is 2.12 bits per heavy atom. The lowest BCUT2D eigenvalue weighted by Crippen LogP contribution is -2.35. The summed E-state index contributed by atoms with van der Waals surface area (Å²) in [5.41, 5.74) is 0.331. The van der Waals surface area contributed by atoms with Gasteiger partial charge in [-0.1, -0.05) is 37.6 Å². The van der Waals surface area contributed by atoms with Crippen LogP contribution < -0.4 is 5.32 Å². The van der Waals surface area contributed by atoms with Crippen molar-refractivity contribution in [2.24, 2.45) is 0 Å². The van der Waals surface area contributed by atoms with E-state index >= 15 is 0 Å². The fourth-order valence-electron chi connectivity index (χ4n) is 1.70. The number of hydrogen-bond acceptors (Lipinski definition) is 2. The summed E-state index contributed by atoms with van der Waals surface area (Å²) in [6.07, 6.45) is 0. The van der Waals surface area contributed by atoms with Crippen molar-refractivity contribution in [3.63, 3.8) is 0 Å². The molecule has 0 amide bonds. The van der Waals surface area contributed by atoms with E-state index in [4.69, 9.17) is 16.3 Å². The molecule has 2 nitrogen and oxygen atoms in total. The van der Waals surface area contributed by atoms with Crippen LogP contribution in [-0.4, -0.2) is 26.8 Å². The minimum Gasteiger partial charge on any atom is -0.383 e. The van der Waals surface area contributed by atoms with Crippen LogP contribution in [0.25, 0.3) is 0 Å². The number of ether oxygens (including phenoxy) is 1.